The van der Waals surface area contributed by atoms with E-state index in [1.165, 1.54) is 24.0 Å². The van der Waals surface area contributed by atoms with E-state index in [0.717, 1.165) is 25.9 Å². The third-order valence-electron chi connectivity index (χ3n) is 4.35. The van der Waals surface area contributed by atoms with E-state index in [0.29, 0.717) is 18.2 Å². The van der Waals surface area contributed by atoms with Gasteiger partial charge in [-0.2, -0.15) is 0 Å². The van der Waals surface area contributed by atoms with Crippen molar-refractivity contribution in [3.63, 3.8) is 0 Å². The van der Waals surface area contributed by atoms with E-state index in [2.05, 4.69) is 50.4 Å². The number of hydrogen-bond donors (Lipinski definition) is 1. The number of aryl methyl sites for hydroxylation is 1. The van der Waals surface area contributed by atoms with Crippen LogP contribution in [0.3, 0.4) is 0 Å². The molecule has 1 aliphatic rings. The summed E-state index contributed by atoms with van der Waals surface area (Å²) in [6.07, 6.45) is 6.27. The Bertz CT molecular complexity index is 385. The van der Waals surface area contributed by atoms with E-state index in [-0.39, 0.29) is 0 Å². The molecule has 1 heterocycles. The smallest absolute Gasteiger partial charge is 0.0589 e. The first-order chi connectivity index (χ1) is 9.72. The van der Waals surface area contributed by atoms with Crippen LogP contribution in [0.4, 0.5) is 0 Å². The highest BCUT2D eigenvalue weighted by atomic mass is 16.5. The zero-order valence-corrected chi connectivity index (χ0v) is 13.2. The molecule has 2 nitrogen and oxygen atoms in total. The molecule has 1 aromatic carbocycles. The van der Waals surface area contributed by atoms with Crippen LogP contribution in [-0.4, -0.2) is 18.8 Å². The molecular weight excluding hydrogens is 246 g/mol. The van der Waals surface area contributed by atoms with Crippen LogP contribution in [0.2, 0.25) is 0 Å². The highest BCUT2D eigenvalue weighted by Crippen LogP contribution is 2.21. The van der Waals surface area contributed by atoms with Gasteiger partial charge in [0.05, 0.1) is 6.10 Å². The van der Waals surface area contributed by atoms with Crippen LogP contribution in [0, 0.1) is 0 Å². The first-order valence-corrected chi connectivity index (χ1v) is 8.19. The van der Waals surface area contributed by atoms with Crippen LogP contribution in [0.15, 0.2) is 24.3 Å². The van der Waals surface area contributed by atoms with Gasteiger partial charge in [-0.15, -0.1) is 0 Å². The van der Waals surface area contributed by atoms with Gasteiger partial charge in [-0.05, 0) is 43.7 Å². The first kappa shape index (κ1) is 15.5. The quantitative estimate of drug-likeness (QED) is 0.838. The minimum Gasteiger partial charge on any atom is -0.378 e. The van der Waals surface area contributed by atoms with Crippen LogP contribution in [0.1, 0.15) is 63.6 Å². The molecule has 2 heteroatoms. The fraction of sp³-hybridized carbons (Fsp3) is 0.667. The number of benzene rings is 1. The summed E-state index contributed by atoms with van der Waals surface area (Å²) in [5.41, 5.74) is 2.80. The normalized spacial score (nSPS) is 24.6. The fourth-order valence-corrected chi connectivity index (χ4v) is 3.05. The lowest BCUT2D eigenvalue weighted by Crippen LogP contribution is -2.40. The highest BCUT2D eigenvalue weighted by molar-refractivity contribution is 5.24. The molecule has 0 spiro atoms. The average Bonchev–Trinajstić information content (AvgIpc) is 2.48. The van der Waals surface area contributed by atoms with Crippen LogP contribution in [-0.2, 0) is 11.2 Å². The Balaban J connectivity index is 1.87. The van der Waals surface area contributed by atoms with E-state index in [9.17, 15) is 0 Å². The zero-order valence-electron chi connectivity index (χ0n) is 13.2. The molecule has 112 valence electrons. The minimum absolute atomic E-state index is 0.422. The Morgan fingerprint density at radius 3 is 2.65 bits per heavy atom. The topological polar surface area (TPSA) is 21.3 Å². The van der Waals surface area contributed by atoms with Gasteiger partial charge < -0.3 is 10.1 Å². The second-order valence-electron chi connectivity index (χ2n) is 5.99. The summed E-state index contributed by atoms with van der Waals surface area (Å²) in [7, 11) is 0. The second kappa shape index (κ2) is 7.80. The summed E-state index contributed by atoms with van der Waals surface area (Å²) in [5.74, 6) is 0. The highest BCUT2D eigenvalue weighted by Gasteiger charge is 2.23. The maximum atomic E-state index is 5.83. The molecule has 0 amide bonds. The fourth-order valence-electron chi connectivity index (χ4n) is 3.05. The Labute approximate surface area is 123 Å². The lowest BCUT2D eigenvalue weighted by atomic mass is 9.98. The lowest BCUT2D eigenvalue weighted by molar-refractivity contribution is -0.00472. The number of nitrogens with one attached hydrogen (secondary N) is 1. The van der Waals surface area contributed by atoms with Crippen molar-refractivity contribution in [3.05, 3.63) is 35.4 Å². The third kappa shape index (κ3) is 4.32. The molecule has 0 saturated carbocycles. The summed E-state index contributed by atoms with van der Waals surface area (Å²) in [6.45, 7) is 7.61. The van der Waals surface area contributed by atoms with E-state index >= 15 is 0 Å². The molecular formula is C18H29NO. The summed E-state index contributed by atoms with van der Waals surface area (Å²) in [6, 6.07) is 10.0. The monoisotopic (exact) mass is 275 g/mol. The van der Waals surface area contributed by atoms with Gasteiger partial charge in [-0.25, -0.2) is 0 Å². The SMILES string of the molecule is CCCC1CC(NC(C)c2ccc(CC)cc2)CCO1. The van der Waals surface area contributed by atoms with Crippen molar-refractivity contribution in [2.45, 2.75) is 71.1 Å². The maximum Gasteiger partial charge on any atom is 0.0589 e. The number of hydrogen-bond acceptors (Lipinski definition) is 2. The average molecular weight is 275 g/mol. The molecule has 3 unspecified atom stereocenters. The van der Waals surface area contributed by atoms with Gasteiger partial charge in [0.2, 0.25) is 0 Å². The van der Waals surface area contributed by atoms with E-state index in [1.807, 2.05) is 0 Å². The third-order valence-corrected chi connectivity index (χ3v) is 4.35. The molecule has 0 radical (unpaired) electrons. The van der Waals surface area contributed by atoms with E-state index in [1.54, 1.807) is 0 Å². The minimum atomic E-state index is 0.422. The number of rotatable bonds is 6. The van der Waals surface area contributed by atoms with Gasteiger partial charge in [0.25, 0.3) is 0 Å². The largest absolute Gasteiger partial charge is 0.378 e. The van der Waals surface area contributed by atoms with Crippen molar-refractivity contribution in [2.75, 3.05) is 6.61 Å². The molecule has 1 aliphatic heterocycles. The molecule has 1 fully saturated rings. The predicted octanol–water partition coefficient (Wildman–Crippen LogP) is 4.25. The van der Waals surface area contributed by atoms with Gasteiger partial charge in [-0.3, -0.25) is 0 Å². The summed E-state index contributed by atoms with van der Waals surface area (Å²) in [5, 5.41) is 3.78. The van der Waals surface area contributed by atoms with E-state index in [4.69, 9.17) is 4.74 Å². The van der Waals surface area contributed by atoms with Gasteiger partial charge >= 0.3 is 0 Å². The Kier molecular flexibility index (Phi) is 6.06. The zero-order chi connectivity index (χ0) is 14.4. The number of ether oxygens (including phenoxy) is 1. The van der Waals surface area contributed by atoms with Crippen LogP contribution in [0.5, 0.6) is 0 Å². The molecule has 0 bridgehead atoms. The van der Waals surface area contributed by atoms with Gasteiger partial charge in [0.15, 0.2) is 0 Å². The van der Waals surface area contributed by atoms with E-state index < -0.39 is 0 Å². The van der Waals surface area contributed by atoms with Gasteiger partial charge in [0, 0.05) is 18.7 Å². The lowest BCUT2D eigenvalue weighted by Gasteiger charge is -2.32. The summed E-state index contributed by atoms with van der Waals surface area (Å²) >= 11 is 0. The molecule has 1 N–H and O–H groups in total. The molecule has 1 saturated heterocycles. The predicted molar refractivity (Wildman–Crippen MR) is 85.0 cm³/mol. The second-order valence-corrected chi connectivity index (χ2v) is 5.99. The van der Waals surface area contributed by atoms with Gasteiger partial charge in [-0.1, -0.05) is 44.5 Å². The Morgan fingerprint density at radius 2 is 2.00 bits per heavy atom. The van der Waals surface area contributed by atoms with Crippen molar-refractivity contribution in [2.24, 2.45) is 0 Å². The Morgan fingerprint density at radius 1 is 1.25 bits per heavy atom. The summed E-state index contributed by atoms with van der Waals surface area (Å²) < 4.78 is 5.83. The molecule has 0 aromatic heterocycles. The van der Waals surface area contributed by atoms with Crippen LogP contribution in [0.25, 0.3) is 0 Å². The summed E-state index contributed by atoms with van der Waals surface area (Å²) in [4.78, 5) is 0. The maximum absolute atomic E-state index is 5.83. The molecule has 0 aliphatic carbocycles. The molecule has 1 aromatic rings. The van der Waals surface area contributed by atoms with Crippen LogP contribution >= 0.6 is 0 Å². The Hall–Kier alpha value is -0.860. The molecule has 20 heavy (non-hydrogen) atoms. The van der Waals surface area contributed by atoms with Crippen molar-refractivity contribution in [3.8, 4) is 0 Å². The van der Waals surface area contributed by atoms with Crippen molar-refractivity contribution < 1.29 is 4.74 Å². The molecule has 3 atom stereocenters. The van der Waals surface area contributed by atoms with Crippen molar-refractivity contribution >= 4 is 0 Å². The van der Waals surface area contributed by atoms with Crippen LogP contribution < -0.4 is 5.32 Å². The van der Waals surface area contributed by atoms with Crippen molar-refractivity contribution in [1.29, 1.82) is 0 Å². The first-order valence-electron chi connectivity index (χ1n) is 8.19. The van der Waals surface area contributed by atoms with Crippen molar-refractivity contribution in [1.82, 2.24) is 5.32 Å². The van der Waals surface area contributed by atoms with Gasteiger partial charge in [0.1, 0.15) is 0 Å². The standard InChI is InChI=1S/C18H29NO/c1-4-6-18-13-17(11-12-20-18)19-14(3)16-9-7-15(5-2)8-10-16/h7-10,14,17-19H,4-6,11-13H2,1-3H3. The molecule has 2 rings (SSSR count).